The number of hydrogen-bond acceptors (Lipinski definition) is 3. The van der Waals surface area contributed by atoms with Gasteiger partial charge < -0.3 is 15.5 Å². The Morgan fingerprint density at radius 1 is 1.42 bits per heavy atom. The maximum atomic E-state index is 12.4. The molecule has 0 aliphatic carbocycles. The van der Waals surface area contributed by atoms with Gasteiger partial charge in [0.2, 0.25) is 11.8 Å². The molecule has 3 rings (SSSR count). The van der Waals surface area contributed by atoms with E-state index in [0.717, 1.165) is 50.1 Å². The van der Waals surface area contributed by atoms with E-state index in [1.807, 2.05) is 18.0 Å². The molecule has 0 saturated carbocycles. The van der Waals surface area contributed by atoms with Crippen molar-refractivity contribution < 1.29 is 9.59 Å². The number of nitrogens with zero attached hydrogens (tertiary/aromatic N) is 1. The Kier molecular flexibility index (Phi) is 5.51. The molecule has 24 heavy (non-hydrogen) atoms. The maximum absolute atomic E-state index is 12.4. The van der Waals surface area contributed by atoms with Crippen molar-refractivity contribution in [2.75, 3.05) is 32.0 Å². The molecular weight excluding hydrogens is 302 g/mol. The highest BCUT2D eigenvalue weighted by Gasteiger charge is 2.23. The first-order valence-corrected chi connectivity index (χ1v) is 8.99. The van der Waals surface area contributed by atoms with Crippen molar-refractivity contribution in [1.82, 2.24) is 10.2 Å². The molecule has 2 amide bonds. The van der Waals surface area contributed by atoms with Crippen molar-refractivity contribution in [3.63, 3.8) is 0 Å². The van der Waals surface area contributed by atoms with E-state index in [9.17, 15) is 9.59 Å². The number of aryl methyl sites for hydroxylation is 1. The van der Waals surface area contributed by atoms with Crippen LogP contribution in [0.3, 0.4) is 0 Å². The molecule has 1 fully saturated rings. The molecule has 1 saturated heterocycles. The van der Waals surface area contributed by atoms with Crippen molar-refractivity contribution >= 4 is 17.5 Å². The van der Waals surface area contributed by atoms with Crippen LogP contribution in [0, 0.1) is 5.92 Å². The van der Waals surface area contributed by atoms with Crippen LogP contribution in [-0.4, -0.2) is 43.4 Å². The van der Waals surface area contributed by atoms with E-state index in [1.165, 1.54) is 12.0 Å². The summed E-state index contributed by atoms with van der Waals surface area (Å²) >= 11 is 0. The van der Waals surface area contributed by atoms with E-state index in [-0.39, 0.29) is 11.8 Å². The van der Waals surface area contributed by atoms with Gasteiger partial charge in [-0.05, 0) is 62.4 Å². The predicted molar refractivity (Wildman–Crippen MR) is 94.9 cm³/mol. The Bertz CT molecular complexity index is 613. The minimum atomic E-state index is 0.0681. The third kappa shape index (κ3) is 4.15. The Hall–Kier alpha value is -1.88. The molecule has 2 aliphatic rings. The molecule has 5 heteroatoms. The third-order valence-corrected chi connectivity index (χ3v) is 5.02. The molecule has 1 unspecified atom stereocenters. The monoisotopic (exact) mass is 329 g/mol. The number of anilines is 1. The summed E-state index contributed by atoms with van der Waals surface area (Å²) in [5.74, 6) is 0.946. The normalized spacial score (nSPS) is 20.0. The van der Waals surface area contributed by atoms with Gasteiger partial charge in [0.05, 0.1) is 6.42 Å². The second kappa shape index (κ2) is 7.79. The van der Waals surface area contributed by atoms with Gasteiger partial charge in [-0.1, -0.05) is 12.1 Å². The molecular formula is C19H27N3O2. The minimum absolute atomic E-state index is 0.0681. The summed E-state index contributed by atoms with van der Waals surface area (Å²) in [6, 6.07) is 6.13. The molecule has 2 N–H and O–H groups in total. The molecule has 0 aromatic heterocycles. The average molecular weight is 329 g/mol. The van der Waals surface area contributed by atoms with Crippen molar-refractivity contribution in [3.8, 4) is 0 Å². The fraction of sp³-hybridized carbons (Fsp3) is 0.579. The maximum Gasteiger partial charge on any atom is 0.228 e. The standard InChI is InChI=1S/C19H27N3O2/c1-20-12-15-5-3-9-22(13-15)19(24)6-2-4-14-7-8-17-16(10-14)11-18(23)21-17/h7-8,10,15,20H,2-6,9,11-13H2,1H3,(H,21,23). The SMILES string of the molecule is CNCC1CCCN(C(=O)CCCc2ccc3c(c2)CC(=O)N3)C1. The average Bonchev–Trinajstić information content (AvgIpc) is 2.94. The van der Waals surface area contributed by atoms with Gasteiger partial charge >= 0.3 is 0 Å². The van der Waals surface area contributed by atoms with Crippen molar-refractivity contribution in [2.24, 2.45) is 5.92 Å². The molecule has 2 aliphatic heterocycles. The Labute approximate surface area is 143 Å². The van der Waals surface area contributed by atoms with Gasteiger partial charge in [-0.15, -0.1) is 0 Å². The second-order valence-corrected chi connectivity index (χ2v) is 6.98. The van der Waals surface area contributed by atoms with Gasteiger partial charge in [-0.3, -0.25) is 9.59 Å². The highest BCUT2D eigenvalue weighted by Crippen LogP contribution is 2.24. The fourth-order valence-corrected chi connectivity index (χ4v) is 3.79. The first kappa shape index (κ1) is 17.0. The Balaban J connectivity index is 1.45. The summed E-state index contributed by atoms with van der Waals surface area (Å²) in [7, 11) is 1.97. The van der Waals surface area contributed by atoms with E-state index in [1.54, 1.807) is 0 Å². The Morgan fingerprint density at radius 2 is 2.29 bits per heavy atom. The fourth-order valence-electron chi connectivity index (χ4n) is 3.79. The van der Waals surface area contributed by atoms with Gasteiger partial charge in [0, 0.05) is 25.2 Å². The minimum Gasteiger partial charge on any atom is -0.342 e. The summed E-state index contributed by atoms with van der Waals surface area (Å²) in [6.45, 7) is 2.80. The van der Waals surface area contributed by atoms with Crippen LogP contribution in [0.1, 0.15) is 36.8 Å². The molecule has 1 aromatic rings. The molecule has 1 aromatic carbocycles. The van der Waals surface area contributed by atoms with E-state index in [0.29, 0.717) is 18.8 Å². The molecule has 2 heterocycles. The van der Waals surface area contributed by atoms with Crippen LogP contribution in [0.25, 0.3) is 0 Å². The van der Waals surface area contributed by atoms with Crippen LogP contribution >= 0.6 is 0 Å². The topological polar surface area (TPSA) is 61.4 Å². The van der Waals surface area contributed by atoms with Gasteiger partial charge in [0.25, 0.3) is 0 Å². The lowest BCUT2D eigenvalue weighted by Crippen LogP contribution is -2.42. The molecule has 0 bridgehead atoms. The molecule has 5 nitrogen and oxygen atoms in total. The van der Waals surface area contributed by atoms with Crippen LogP contribution in [0.4, 0.5) is 5.69 Å². The van der Waals surface area contributed by atoms with E-state index < -0.39 is 0 Å². The number of piperidine rings is 1. The first-order valence-electron chi connectivity index (χ1n) is 8.99. The van der Waals surface area contributed by atoms with Crippen LogP contribution in [0.15, 0.2) is 18.2 Å². The smallest absolute Gasteiger partial charge is 0.228 e. The van der Waals surface area contributed by atoms with Crippen LogP contribution < -0.4 is 10.6 Å². The summed E-state index contributed by atoms with van der Waals surface area (Å²) in [4.78, 5) is 25.9. The number of likely N-dealkylation sites (tertiary alicyclic amines) is 1. The third-order valence-electron chi connectivity index (χ3n) is 5.02. The van der Waals surface area contributed by atoms with Gasteiger partial charge in [0.1, 0.15) is 0 Å². The van der Waals surface area contributed by atoms with E-state index in [2.05, 4.69) is 22.8 Å². The second-order valence-electron chi connectivity index (χ2n) is 6.98. The van der Waals surface area contributed by atoms with Gasteiger partial charge in [-0.2, -0.15) is 0 Å². The van der Waals surface area contributed by atoms with Crippen molar-refractivity contribution in [2.45, 2.75) is 38.5 Å². The highest BCUT2D eigenvalue weighted by molar-refractivity contribution is 5.99. The number of hydrogen-bond donors (Lipinski definition) is 2. The molecule has 0 spiro atoms. The van der Waals surface area contributed by atoms with Crippen LogP contribution in [-0.2, 0) is 22.4 Å². The lowest BCUT2D eigenvalue weighted by Gasteiger charge is -2.32. The number of amides is 2. The summed E-state index contributed by atoms with van der Waals surface area (Å²) in [6.07, 6.45) is 5.17. The number of fused-ring (bicyclic) bond motifs is 1. The van der Waals surface area contributed by atoms with Crippen molar-refractivity contribution in [1.29, 1.82) is 0 Å². The number of carbonyl (C=O) groups excluding carboxylic acids is 2. The van der Waals surface area contributed by atoms with Gasteiger partial charge in [0.15, 0.2) is 0 Å². The molecule has 1 atom stereocenters. The van der Waals surface area contributed by atoms with E-state index >= 15 is 0 Å². The first-order chi connectivity index (χ1) is 11.7. The Morgan fingerprint density at radius 3 is 3.12 bits per heavy atom. The molecule has 130 valence electrons. The zero-order valence-electron chi connectivity index (χ0n) is 14.4. The number of nitrogens with one attached hydrogen (secondary N) is 2. The summed E-state index contributed by atoms with van der Waals surface area (Å²) in [5.41, 5.74) is 3.23. The van der Waals surface area contributed by atoms with E-state index in [4.69, 9.17) is 0 Å². The largest absolute Gasteiger partial charge is 0.342 e. The number of rotatable bonds is 6. The lowest BCUT2D eigenvalue weighted by molar-refractivity contribution is -0.133. The lowest BCUT2D eigenvalue weighted by atomic mass is 9.97. The highest BCUT2D eigenvalue weighted by atomic mass is 16.2. The summed E-state index contributed by atoms with van der Waals surface area (Å²) < 4.78 is 0. The van der Waals surface area contributed by atoms with Gasteiger partial charge in [-0.25, -0.2) is 0 Å². The quantitative estimate of drug-likeness (QED) is 0.839. The molecule has 0 radical (unpaired) electrons. The zero-order chi connectivity index (χ0) is 16.9. The van der Waals surface area contributed by atoms with Crippen LogP contribution in [0.2, 0.25) is 0 Å². The van der Waals surface area contributed by atoms with Crippen molar-refractivity contribution in [3.05, 3.63) is 29.3 Å². The predicted octanol–water partition coefficient (Wildman–Crippen LogP) is 1.96. The van der Waals surface area contributed by atoms with Crippen LogP contribution in [0.5, 0.6) is 0 Å². The number of carbonyl (C=O) groups is 2. The summed E-state index contributed by atoms with van der Waals surface area (Å²) in [5, 5.41) is 6.07. The number of benzene rings is 1. The zero-order valence-corrected chi connectivity index (χ0v) is 14.4.